The van der Waals surface area contributed by atoms with Gasteiger partial charge in [0, 0.05) is 22.8 Å². The van der Waals surface area contributed by atoms with Crippen LogP contribution in [0.3, 0.4) is 0 Å². The average Bonchev–Trinajstić information content (AvgIpc) is 3.05. The van der Waals surface area contributed by atoms with Gasteiger partial charge in [-0.2, -0.15) is 0 Å². The molecular weight excluding hydrogens is 363 g/mol. The van der Waals surface area contributed by atoms with Crippen molar-refractivity contribution in [2.24, 2.45) is 5.92 Å². The van der Waals surface area contributed by atoms with Gasteiger partial charge in [-0.25, -0.2) is 12.8 Å². The van der Waals surface area contributed by atoms with Crippen LogP contribution in [0.15, 0.2) is 27.8 Å². The topological polar surface area (TPSA) is 73.1 Å². The molecule has 2 aromatic rings. The fourth-order valence-corrected chi connectivity index (χ4v) is 5.45. The van der Waals surface area contributed by atoms with Crippen LogP contribution >= 0.6 is 23.4 Å². The van der Waals surface area contributed by atoms with Crippen LogP contribution in [0.25, 0.3) is 0 Å². The van der Waals surface area contributed by atoms with Crippen molar-refractivity contribution in [2.45, 2.75) is 23.8 Å². The van der Waals surface area contributed by atoms with E-state index in [9.17, 15) is 12.8 Å². The number of hydrogen-bond donors (Lipinski definition) is 0. The second-order valence-corrected chi connectivity index (χ2v) is 8.99. The fraction of sp³-hybridized carbons (Fsp3) is 0.429. The van der Waals surface area contributed by atoms with Crippen LogP contribution in [0.4, 0.5) is 4.39 Å². The van der Waals surface area contributed by atoms with Gasteiger partial charge in [0.15, 0.2) is 9.84 Å². The normalized spacial score (nSPS) is 20.0. The third-order valence-corrected chi connectivity index (χ3v) is 6.68. The van der Waals surface area contributed by atoms with E-state index in [4.69, 9.17) is 16.0 Å². The summed E-state index contributed by atoms with van der Waals surface area (Å²) < 4.78 is 42.1. The molecule has 1 aliphatic heterocycles. The number of hydrogen-bond acceptors (Lipinski definition) is 6. The molecule has 0 aliphatic carbocycles. The number of sulfone groups is 1. The third kappa shape index (κ3) is 4.24. The molecule has 0 amide bonds. The number of halogens is 2. The zero-order valence-electron chi connectivity index (χ0n) is 12.0. The summed E-state index contributed by atoms with van der Waals surface area (Å²) in [6, 6.07) is 4.52. The molecule has 1 aromatic carbocycles. The predicted molar refractivity (Wildman–Crippen MR) is 85.7 cm³/mol. The average molecular weight is 377 g/mol. The molecule has 1 aromatic heterocycles. The maximum Gasteiger partial charge on any atom is 0.276 e. The van der Waals surface area contributed by atoms with E-state index in [1.165, 1.54) is 17.8 Å². The zero-order chi connectivity index (χ0) is 16.4. The molecule has 0 radical (unpaired) electrons. The summed E-state index contributed by atoms with van der Waals surface area (Å²) in [5, 5.41) is 8.50. The molecule has 9 heteroatoms. The molecule has 124 valence electrons. The molecule has 0 N–H and O–H groups in total. The standard InChI is InChI=1S/C14H14ClFN2O3S2/c15-11-2-1-3-12(16)10(11)7-22-14-18-17-13(21-14)6-9-4-5-23(19,20)8-9/h1-3,9H,4-8H2/t9-/m0/s1. The summed E-state index contributed by atoms with van der Waals surface area (Å²) in [4.78, 5) is 0. The summed E-state index contributed by atoms with van der Waals surface area (Å²) >= 11 is 7.16. The minimum atomic E-state index is -2.92. The summed E-state index contributed by atoms with van der Waals surface area (Å²) in [6.07, 6.45) is 1.07. The van der Waals surface area contributed by atoms with Gasteiger partial charge in [0.25, 0.3) is 5.22 Å². The lowest BCUT2D eigenvalue weighted by molar-refractivity contribution is 0.389. The van der Waals surface area contributed by atoms with Crippen molar-refractivity contribution in [3.05, 3.63) is 40.5 Å². The maximum absolute atomic E-state index is 13.7. The van der Waals surface area contributed by atoms with Gasteiger partial charge in [-0.1, -0.05) is 29.4 Å². The number of aromatic nitrogens is 2. The number of rotatable bonds is 5. The molecule has 23 heavy (non-hydrogen) atoms. The molecule has 1 aliphatic rings. The Bertz CT molecular complexity index is 790. The Balaban J connectivity index is 1.60. The zero-order valence-corrected chi connectivity index (χ0v) is 14.4. The molecule has 1 atom stereocenters. The van der Waals surface area contributed by atoms with Crippen molar-refractivity contribution >= 4 is 33.2 Å². The van der Waals surface area contributed by atoms with Crippen molar-refractivity contribution in [2.75, 3.05) is 11.5 Å². The van der Waals surface area contributed by atoms with Gasteiger partial charge in [-0.05, 0) is 24.5 Å². The first-order chi connectivity index (χ1) is 10.9. The first-order valence-electron chi connectivity index (χ1n) is 7.01. The Morgan fingerprint density at radius 2 is 2.22 bits per heavy atom. The molecular formula is C14H14ClFN2O3S2. The van der Waals surface area contributed by atoms with Gasteiger partial charge in [0.1, 0.15) is 5.82 Å². The van der Waals surface area contributed by atoms with Gasteiger partial charge in [0.05, 0.1) is 11.5 Å². The van der Waals surface area contributed by atoms with E-state index in [1.54, 1.807) is 12.1 Å². The highest BCUT2D eigenvalue weighted by atomic mass is 35.5. The molecule has 1 saturated heterocycles. The second-order valence-electron chi connectivity index (χ2n) is 5.42. The Kier molecular flexibility index (Phi) is 4.93. The minimum absolute atomic E-state index is 0.0271. The highest BCUT2D eigenvalue weighted by molar-refractivity contribution is 7.98. The lowest BCUT2D eigenvalue weighted by Crippen LogP contribution is -2.07. The summed E-state index contributed by atoms with van der Waals surface area (Å²) in [5.41, 5.74) is 0.390. The predicted octanol–water partition coefficient (Wildman–Crippen LogP) is 3.13. The SMILES string of the molecule is O=S1(=O)CC[C@@H](Cc2nnc(SCc3c(F)cccc3Cl)o2)C1. The van der Waals surface area contributed by atoms with Crippen molar-refractivity contribution in [3.8, 4) is 0 Å². The first-order valence-corrected chi connectivity index (χ1v) is 10.2. The van der Waals surface area contributed by atoms with E-state index in [2.05, 4.69) is 10.2 Å². The van der Waals surface area contributed by atoms with E-state index < -0.39 is 9.84 Å². The lowest BCUT2D eigenvalue weighted by atomic mass is 10.1. The molecule has 0 saturated carbocycles. The molecule has 1 fully saturated rings. The molecule has 5 nitrogen and oxygen atoms in total. The number of nitrogens with zero attached hydrogens (tertiary/aromatic N) is 2. The monoisotopic (exact) mass is 376 g/mol. The van der Waals surface area contributed by atoms with Crippen LogP contribution < -0.4 is 0 Å². The highest BCUT2D eigenvalue weighted by Gasteiger charge is 2.29. The second kappa shape index (κ2) is 6.78. The van der Waals surface area contributed by atoms with E-state index in [-0.39, 0.29) is 29.0 Å². The van der Waals surface area contributed by atoms with Crippen molar-refractivity contribution in [1.29, 1.82) is 0 Å². The lowest BCUT2D eigenvalue weighted by Gasteiger charge is -2.03. The minimum Gasteiger partial charge on any atom is -0.416 e. The van der Waals surface area contributed by atoms with Crippen LogP contribution in [0.2, 0.25) is 5.02 Å². The fourth-order valence-electron chi connectivity index (χ4n) is 2.46. The van der Waals surface area contributed by atoms with E-state index in [0.717, 1.165) is 0 Å². The van der Waals surface area contributed by atoms with Gasteiger partial charge in [-0.3, -0.25) is 0 Å². The molecule has 0 unspecified atom stereocenters. The van der Waals surface area contributed by atoms with E-state index in [0.29, 0.717) is 34.5 Å². The Hall–Kier alpha value is -1.12. The Labute approximate surface area is 142 Å². The maximum atomic E-state index is 13.7. The van der Waals surface area contributed by atoms with Crippen LogP contribution in [-0.2, 0) is 22.0 Å². The van der Waals surface area contributed by atoms with Crippen LogP contribution in [-0.4, -0.2) is 30.1 Å². The smallest absolute Gasteiger partial charge is 0.276 e. The van der Waals surface area contributed by atoms with Crippen LogP contribution in [0, 0.1) is 11.7 Å². The van der Waals surface area contributed by atoms with Crippen LogP contribution in [0.1, 0.15) is 17.9 Å². The largest absolute Gasteiger partial charge is 0.416 e. The summed E-state index contributed by atoms with van der Waals surface area (Å²) in [7, 11) is -2.92. The van der Waals surface area contributed by atoms with Crippen molar-refractivity contribution in [3.63, 3.8) is 0 Å². The third-order valence-electron chi connectivity index (χ3n) is 3.64. The number of thioether (sulfide) groups is 1. The van der Waals surface area contributed by atoms with Gasteiger partial charge < -0.3 is 4.42 Å². The molecule has 2 heterocycles. The summed E-state index contributed by atoms with van der Waals surface area (Å²) in [6.45, 7) is 0. The quantitative estimate of drug-likeness (QED) is 0.746. The van der Waals surface area contributed by atoms with Crippen molar-refractivity contribution in [1.82, 2.24) is 10.2 Å². The Morgan fingerprint density at radius 3 is 2.91 bits per heavy atom. The Morgan fingerprint density at radius 1 is 1.39 bits per heavy atom. The molecule has 0 spiro atoms. The van der Waals surface area contributed by atoms with Gasteiger partial charge >= 0.3 is 0 Å². The molecule has 3 rings (SSSR count). The van der Waals surface area contributed by atoms with Crippen LogP contribution in [0.5, 0.6) is 0 Å². The highest BCUT2D eigenvalue weighted by Crippen LogP contribution is 2.29. The first kappa shape index (κ1) is 16.7. The van der Waals surface area contributed by atoms with Gasteiger partial charge in [0.2, 0.25) is 5.89 Å². The van der Waals surface area contributed by atoms with E-state index >= 15 is 0 Å². The number of benzene rings is 1. The summed E-state index contributed by atoms with van der Waals surface area (Å²) in [5.74, 6) is 0.738. The van der Waals surface area contributed by atoms with Crippen molar-refractivity contribution < 1.29 is 17.2 Å². The van der Waals surface area contributed by atoms with Gasteiger partial charge in [-0.15, -0.1) is 10.2 Å². The van der Waals surface area contributed by atoms with E-state index in [1.807, 2.05) is 0 Å². The molecule has 0 bridgehead atoms.